The van der Waals surface area contributed by atoms with Crippen LogP contribution in [0.3, 0.4) is 0 Å². The fourth-order valence-electron chi connectivity index (χ4n) is 1.01. The highest BCUT2D eigenvalue weighted by atomic mass is 19.1. The molecule has 0 saturated carbocycles. The molecule has 2 amide bonds. The Morgan fingerprint density at radius 3 is 2.86 bits per heavy atom. The summed E-state index contributed by atoms with van der Waals surface area (Å²) in [4.78, 5) is 10.2. The molecule has 5 heteroatoms. The summed E-state index contributed by atoms with van der Waals surface area (Å²) in [6.07, 6.45) is 1.32. The molecule has 1 rings (SSSR count). The largest absolute Gasteiger partial charge is 0.350 e. The summed E-state index contributed by atoms with van der Waals surface area (Å²) >= 11 is 0. The number of hydrogen-bond acceptors (Lipinski definition) is 2. The third-order valence-electron chi connectivity index (χ3n) is 1.45. The Balaban J connectivity index is 2.76. The predicted octanol–water partition coefficient (Wildman–Crippen LogP) is 1.14. The molecule has 0 atom stereocenters. The molecule has 14 heavy (non-hydrogen) atoms. The molecular weight excluding hydrogens is 185 g/mol. The van der Waals surface area contributed by atoms with E-state index < -0.39 is 6.03 Å². The third kappa shape index (κ3) is 3.22. The number of primary amides is 1. The van der Waals surface area contributed by atoms with Crippen LogP contribution < -0.4 is 11.2 Å². The molecular formula is C9H10FN3O. The Morgan fingerprint density at radius 1 is 1.57 bits per heavy atom. The molecule has 0 aliphatic carbocycles. The van der Waals surface area contributed by atoms with E-state index in [1.807, 2.05) is 5.43 Å². The van der Waals surface area contributed by atoms with Crippen molar-refractivity contribution in [1.29, 1.82) is 0 Å². The van der Waals surface area contributed by atoms with Gasteiger partial charge in [-0.25, -0.2) is 14.6 Å². The molecule has 1 aromatic rings. The van der Waals surface area contributed by atoms with Gasteiger partial charge in [-0.05, 0) is 30.2 Å². The van der Waals surface area contributed by atoms with Crippen LogP contribution in [0.2, 0.25) is 0 Å². The SMILES string of the molecule is Cc1cc(F)cc(C=NNC(N)=O)c1. The van der Waals surface area contributed by atoms with Gasteiger partial charge in [0.25, 0.3) is 0 Å². The number of hydrogen-bond donors (Lipinski definition) is 2. The van der Waals surface area contributed by atoms with Crippen molar-refractivity contribution in [1.82, 2.24) is 5.43 Å². The number of benzene rings is 1. The molecule has 0 unspecified atom stereocenters. The molecule has 74 valence electrons. The summed E-state index contributed by atoms with van der Waals surface area (Å²) < 4.78 is 12.8. The maximum absolute atomic E-state index is 12.8. The maximum Gasteiger partial charge on any atom is 0.332 e. The Labute approximate surface area is 80.6 Å². The van der Waals surface area contributed by atoms with Crippen molar-refractivity contribution in [2.24, 2.45) is 10.8 Å². The van der Waals surface area contributed by atoms with Crippen molar-refractivity contribution < 1.29 is 9.18 Å². The van der Waals surface area contributed by atoms with Crippen LogP contribution >= 0.6 is 0 Å². The molecule has 0 bridgehead atoms. The van der Waals surface area contributed by atoms with E-state index in [0.29, 0.717) is 5.56 Å². The molecule has 0 saturated heterocycles. The Morgan fingerprint density at radius 2 is 2.29 bits per heavy atom. The zero-order valence-corrected chi connectivity index (χ0v) is 7.62. The van der Waals surface area contributed by atoms with Gasteiger partial charge in [0.05, 0.1) is 6.21 Å². The van der Waals surface area contributed by atoms with Crippen molar-refractivity contribution in [3.05, 3.63) is 35.1 Å². The Hall–Kier alpha value is -1.91. The van der Waals surface area contributed by atoms with E-state index in [9.17, 15) is 9.18 Å². The number of rotatable bonds is 2. The highest BCUT2D eigenvalue weighted by Gasteiger charge is 1.95. The van der Waals surface area contributed by atoms with E-state index >= 15 is 0 Å². The van der Waals surface area contributed by atoms with E-state index in [0.717, 1.165) is 5.56 Å². The van der Waals surface area contributed by atoms with Gasteiger partial charge in [-0.15, -0.1) is 0 Å². The van der Waals surface area contributed by atoms with Gasteiger partial charge in [0.2, 0.25) is 0 Å². The lowest BCUT2D eigenvalue weighted by molar-refractivity contribution is 0.249. The van der Waals surface area contributed by atoms with E-state index in [1.165, 1.54) is 18.3 Å². The second-order valence-electron chi connectivity index (χ2n) is 2.80. The van der Waals surface area contributed by atoms with Gasteiger partial charge in [0.1, 0.15) is 5.82 Å². The zero-order chi connectivity index (χ0) is 10.6. The smallest absolute Gasteiger partial charge is 0.332 e. The van der Waals surface area contributed by atoms with Crippen LogP contribution in [-0.2, 0) is 0 Å². The lowest BCUT2D eigenvalue weighted by Gasteiger charge is -1.96. The van der Waals surface area contributed by atoms with Crippen molar-refractivity contribution in [3.63, 3.8) is 0 Å². The number of nitrogens with two attached hydrogens (primary N) is 1. The van der Waals surface area contributed by atoms with E-state index in [2.05, 4.69) is 5.10 Å². The van der Waals surface area contributed by atoms with Crippen molar-refractivity contribution >= 4 is 12.2 Å². The summed E-state index contributed by atoms with van der Waals surface area (Å²) in [5.74, 6) is -0.342. The number of nitrogens with zero attached hydrogens (tertiary/aromatic N) is 1. The van der Waals surface area contributed by atoms with Crippen LogP contribution in [0.15, 0.2) is 23.3 Å². The first kappa shape index (κ1) is 10.2. The van der Waals surface area contributed by atoms with Gasteiger partial charge < -0.3 is 5.73 Å². The second-order valence-corrected chi connectivity index (χ2v) is 2.80. The van der Waals surface area contributed by atoms with E-state index in [1.54, 1.807) is 13.0 Å². The number of carbonyl (C=O) groups excluding carboxylic acids is 1. The quantitative estimate of drug-likeness (QED) is 0.539. The standard InChI is InChI=1S/C9H10FN3O/c1-6-2-7(4-8(10)3-6)5-12-13-9(11)14/h2-5H,1H3,(H3,11,13,14). The number of nitrogens with one attached hydrogen (secondary N) is 1. The Kier molecular flexibility index (Phi) is 3.17. The van der Waals surface area contributed by atoms with Gasteiger partial charge in [-0.1, -0.05) is 6.07 Å². The summed E-state index contributed by atoms with van der Waals surface area (Å²) in [7, 11) is 0. The highest BCUT2D eigenvalue weighted by Crippen LogP contribution is 2.05. The zero-order valence-electron chi connectivity index (χ0n) is 7.62. The van der Waals surface area contributed by atoms with Crippen LogP contribution in [0, 0.1) is 12.7 Å². The minimum Gasteiger partial charge on any atom is -0.350 e. The molecule has 0 aliphatic heterocycles. The lowest BCUT2D eigenvalue weighted by Crippen LogP contribution is -2.24. The average Bonchev–Trinajstić information content (AvgIpc) is 2.01. The van der Waals surface area contributed by atoms with Gasteiger partial charge in [0.15, 0.2) is 0 Å². The molecule has 0 radical (unpaired) electrons. The van der Waals surface area contributed by atoms with Crippen molar-refractivity contribution in [3.8, 4) is 0 Å². The number of hydrazone groups is 1. The lowest BCUT2D eigenvalue weighted by atomic mass is 10.1. The summed E-state index contributed by atoms with van der Waals surface area (Å²) in [6, 6.07) is 3.68. The van der Waals surface area contributed by atoms with Gasteiger partial charge in [-0.3, -0.25) is 0 Å². The molecule has 0 fully saturated rings. The molecule has 4 nitrogen and oxygen atoms in total. The van der Waals surface area contributed by atoms with Gasteiger partial charge in [0, 0.05) is 0 Å². The summed E-state index contributed by atoms with van der Waals surface area (Å²) in [6.45, 7) is 1.77. The first-order valence-corrected chi connectivity index (χ1v) is 3.93. The third-order valence-corrected chi connectivity index (χ3v) is 1.45. The molecule has 0 spiro atoms. The molecule has 0 aliphatic rings. The first-order chi connectivity index (χ1) is 6.58. The van der Waals surface area contributed by atoms with E-state index in [4.69, 9.17) is 5.73 Å². The topological polar surface area (TPSA) is 67.5 Å². The van der Waals surface area contributed by atoms with Crippen LogP contribution in [0.4, 0.5) is 9.18 Å². The first-order valence-electron chi connectivity index (χ1n) is 3.93. The maximum atomic E-state index is 12.8. The Bertz CT molecular complexity index is 356. The van der Waals surface area contributed by atoms with Crippen LogP contribution in [0.25, 0.3) is 0 Å². The number of carbonyl (C=O) groups is 1. The normalized spacial score (nSPS) is 10.4. The van der Waals surface area contributed by atoms with Crippen LogP contribution in [0.1, 0.15) is 11.1 Å². The summed E-state index contributed by atoms with van der Waals surface area (Å²) in [5, 5.41) is 3.51. The van der Waals surface area contributed by atoms with Crippen molar-refractivity contribution in [2.75, 3.05) is 0 Å². The molecule has 3 N–H and O–H groups in total. The highest BCUT2D eigenvalue weighted by molar-refractivity contribution is 5.81. The second kappa shape index (κ2) is 4.36. The number of aryl methyl sites for hydroxylation is 1. The fraction of sp³-hybridized carbons (Fsp3) is 0.111. The van der Waals surface area contributed by atoms with E-state index in [-0.39, 0.29) is 5.82 Å². The number of halogens is 1. The van der Waals surface area contributed by atoms with Gasteiger partial charge >= 0.3 is 6.03 Å². The van der Waals surface area contributed by atoms with Gasteiger partial charge in [-0.2, -0.15) is 5.10 Å². The molecule has 0 aromatic heterocycles. The van der Waals surface area contributed by atoms with Crippen LogP contribution in [0.5, 0.6) is 0 Å². The minimum atomic E-state index is -0.755. The number of amides is 2. The number of urea groups is 1. The fourth-order valence-corrected chi connectivity index (χ4v) is 1.01. The molecule has 0 heterocycles. The predicted molar refractivity (Wildman–Crippen MR) is 51.5 cm³/mol. The molecule has 1 aromatic carbocycles. The summed E-state index contributed by atoms with van der Waals surface area (Å²) in [5.41, 5.74) is 8.15. The monoisotopic (exact) mass is 195 g/mol. The van der Waals surface area contributed by atoms with Crippen LogP contribution in [-0.4, -0.2) is 12.2 Å². The van der Waals surface area contributed by atoms with Crippen molar-refractivity contribution in [2.45, 2.75) is 6.92 Å². The minimum absolute atomic E-state index is 0.342. The average molecular weight is 195 g/mol.